The number of hydrogen-bond acceptors (Lipinski definition) is 8. The maximum Gasteiger partial charge on any atom is 0.285 e. The molecule has 1 fully saturated rings. The number of piperazine rings is 1. The Morgan fingerprint density at radius 3 is 2.40 bits per heavy atom. The van der Waals surface area contributed by atoms with Crippen molar-refractivity contribution in [1.82, 2.24) is 24.2 Å². The Morgan fingerprint density at radius 2 is 1.70 bits per heavy atom. The number of anilines is 1. The van der Waals surface area contributed by atoms with Crippen LogP contribution in [0.25, 0.3) is 0 Å². The molecule has 2 aliphatic heterocycles. The van der Waals surface area contributed by atoms with E-state index in [4.69, 9.17) is 0 Å². The van der Waals surface area contributed by atoms with E-state index >= 15 is 0 Å². The molecule has 0 N–H and O–H groups in total. The summed E-state index contributed by atoms with van der Waals surface area (Å²) < 4.78 is 26.4. The Morgan fingerprint density at radius 1 is 1.03 bits per heavy atom. The third-order valence-electron chi connectivity index (χ3n) is 5.30. The first-order chi connectivity index (χ1) is 14.4. The van der Waals surface area contributed by atoms with Crippen LogP contribution < -0.4 is 4.90 Å². The van der Waals surface area contributed by atoms with Crippen LogP contribution in [0, 0.1) is 13.8 Å². The molecule has 0 bridgehead atoms. The number of carbonyl (C=O) groups excluding carboxylic acids is 1. The van der Waals surface area contributed by atoms with E-state index < -0.39 is 15.9 Å². The second-order valence-corrected chi connectivity index (χ2v) is 9.19. The van der Waals surface area contributed by atoms with Gasteiger partial charge < -0.3 is 4.90 Å². The zero-order valence-corrected chi connectivity index (χ0v) is 17.8. The average molecular weight is 429 g/mol. The van der Waals surface area contributed by atoms with Gasteiger partial charge in [0.25, 0.3) is 15.9 Å². The lowest BCUT2D eigenvalue weighted by molar-refractivity contribution is 0.0879. The van der Waals surface area contributed by atoms with Crippen LogP contribution in [0.2, 0.25) is 0 Å². The van der Waals surface area contributed by atoms with E-state index in [0.29, 0.717) is 17.8 Å². The Balaban J connectivity index is 1.33. The van der Waals surface area contributed by atoms with Gasteiger partial charge in [-0.3, -0.25) is 9.69 Å². The summed E-state index contributed by atoms with van der Waals surface area (Å²) in [7, 11) is -3.90. The Bertz CT molecular complexity index is 1080. The lowest BCUT2D eigenvalue weighted by atomic mass is 10.1. The number of aromatic nitrogens is 3. The summed E-state index contributed by atoms with van der Waals surface area (Å²) in [6.45, 7) is 7.53. The molecule has 2 aromatic heterocycles. The fourth-order valence-corrected chi connectivity index (χ4v) is 5.31. The van der Waals surface area contributed by atoms with Gasteiger partial charge in [-0.15, -0.1) is 0 Å². The van der Waals surface area contributed by atoms with Crippen molar-refractivity contribution < 1.29 is 13.2 Å². The lowest BCUT2D eigenvalue weighted by Crippen LogP contribution is -2.46. The molecule has 0 atom stereocenters. The van der Waals surface area contributed by atoms with Gasteiger partial charge in [0.05, 0.1) is 12.1 Å². The lowest BCUT2D eigenvalue weighted by Gasteiger charge is -2.34. The van der Waals surface area contributed by atoms with Gasteiger partial charge in [-0.05, 0) is 31.5 Å². The van der Waals surface area contributed by atoms with Crippen molar-refractivity contribution in [2.24, 2.45) is 0 Å². The highest BCUT2D eigenvalue weighted by atomic mass is 32.2. The molecule has 158 valence electrons. The predicted octanol–water partition coefficient (Wildman–Crippen LogP) is 1.01. The molecule has 0 aromatic carbocycles. The van der Waals surface area contributed by atoms with Gasteiger partial charge in [-0.25, -0.2) is 19.3 Å². The first-order valence-corrected chi connectivity index (χ1v) is 11.3. The summed E-state index contributed by atoms with van der Waals surface area (Å²) in [5.41, 5.74) is 1.41. The van der Waals surface area contributed by atoms with E-state index in [2.05, 4.69) is 24.8 Å². The Labute approximate surface area is 176 Å². The molecule has 0 aliphatic carbocycles. The van der Waals surface area contributed by atoms with E-state index in [1.807, 2.05) is 6.08 Å². The minimum absolute atomic E-state index is 0.00777. The van der Waals surface area contributed by atoms with Crippen molar-refractivity contribution in [3.05, 3.63) is 53.5 Å². The van der Waals surface area contributed by atoms with E-state index in [9.17, 15) is 13.2 Å². The van der Waals surface area contributed by atoms with Crippen LogP contribution in [0.4, 0.5) is 5.95 Å². The largest absolute Gasteiger partial charge is 0.338 e. The zero-order chi connectivity index (χ0) is 21.3. The fraction of sp³-hybridized carbons (Fsp3) is 0.400. The summed E-state index contributed by atoms with van der Waals surface area (Å²) >= 11 is 0. The molecule has 30 heavy (non-hydrogen) atoms. The Kier molecular flexibility index (Phi) is 5.52. The van der Waals surface area contributed by atoms with Crippen molar-refractivity contribution in [3.63, 3.8) is 0 Å². The number of carbonyl (C=O) groups is 1. The molecular weight excluding hydrogens is 404 g/mol. The number of aryl methyl sites for hydroxylation is 2. The number of sulfonamides is 1. The van der Waals surface area contributed by atoms with E-state index in [1.165, 1.54) is 0 Å². The highest BCUT2D eigenvalue weighted by molar-refractivity contribution is 7.90. The molecule has 2 aromatic rings. The number of pyridine rings is 1. The quantitative estimate of drug-likeness (QED) is 0.651. The minimum atomic E-state index is -3.90. The molecular formula is C20H24N6O3S. The van der Waals surface area contributed by atoms with Gasteiger partial charge >= 0.3 is 0 Å². The van der Waals surface area contributed by atoms with Gasteiger partial charge in [0.15, 0.2) is 5.03 Å². The maximum atomic E-state index is 12.7. The number of rotatable bonds is 5. The SMILES string of the molecule is Cc1cc(C)c2c(n1)S(=O)(=O)N(C/C=C/CN1CCN(c3ncccn3)CC1)C2=O. The van der Waals surface area contributed by atoms with Crippen molar-refractivity contribution >= 4 is 21.9 Å². The maximum absolute atomic E-state index is 12.7. The second kappa shape index (κ2) is 8.11. The van der Waals surface area contributed by atoms with Crippen molar-refractivity contribution in [2.45, 2.75) is 18.9 Å². The molecule has 0 unspecified atom stereocenters. The molecule has 0 saturated carbocycles. The first-order valence-electron chi connectivity index (χ1n) is 9.82. The number of hydrogen-bond donors (Lipinski definition) is 0. The molecule has 0 radical (unpaired) electrons. The summed E-state index contributed by atoms with van der Waals surface area (Å²) in [6, 6.07) is 3.53. The number of amides is 1. The zero-order valence-electron chi connectivity index (χ0n) is 17.0. The van der Waals surface area contributed by atoms with Crippen molar-refractivity contribution in [1.29, 1.82) is 0 Å². The van der Waals surface area contributed by atoms with Gasteiger partial charge in [-0.1, -0.05) is 12.2 Å². The third kappa shape index (κ3) is 3.80. The van der Waals surface area contributed by atoms with Crippen LogP contribution in [0.1, 0.15) is 21.6 Å². The van der Waals surface area contributed by atoms with Crippen LogP contribution in [-0.4, -0.2) is 77.8 Å². The normalized spacial score (nSPS) is 18.9. The summed E-state index contributed by atoms with van der Waals surface area (Å²) in [5.74, 6) is 0.236. The fourth-order valence-electron chi connectivity index (χ4n) is 3.75. The average Bonchev–Trinajstić information content (AvgIpc) is 2.92. The van der Waals surface area contributed by atoms with Gasteiger partial charge in [0, 0.05) is 50.8 Å². The van der Waals surface area contributed by atoms with E-state index in [0.717, 1.165) is 36.4 Å². The molecule has 1 saturated heterocycles. The van der Waals surface area contributed by atoms with Crippen LogP contribution in [0.3, 0.4) is 0 Å². The van der Waals surface area contributed by atoms with Crippen LogP contribution in [0.5, 0.6) is 0 Å². The smallest absolute Gasteiger partial charge is 0.285 e. The third-order valence-corrected chi connectivity index (χ3v) is 6.97. The van der Waals surface area contributed by atoms with Crippen LogP contribution in [-0.2, 0) is 10.0 Å². The minimum Gasteiger partial charge on any atom is -0.338 e. The van der Waals surface area contributed by atoms with Crippen LogP contribution in [0.15, 0.2) is 41.7 Å². The number of fused-ring (bicyclic) bond motifs is 1. The van der Waals surface area contributed by atoms with Crippen LogP contribution >= 0.6 is 0 Å². The predicted molar refractivity (Wildman–Crippen MR) is 112 cm³/mol. The molecule has 0 spiro atoms. The van der Waals surface area contributed by atoms with Crippen molar-refractivity contribution in [2.75, 3.05) is 44.2 Å². The Hall–Kier alpha value is -2.85. The highest BCUT2D eigenvalue weighted by Gasteiger charge is 2.43. The highest BCUT2D eigenvalue weighted by Crippen LogP contribution is 2.31. The standard InChI is InChI=1S/C20H24N6O3S/c1-15-14-16(2)23-18-17(15)19(27)26(30(18,28)29)9-4-3-8-24-10-12-25(13-11-24)20-21-6-5-7-22-20/h3-7,14H,8-13H2,1-2H3/b4-3+. The van der Waals surface area contributed by atoms with Gasteiger partial charge in [0.2, 0.25) is 5.95 Å². The molecule has 2 aliphatic rings. The van der Waals surface area contributed by atoms with Gasteiger partial charge in [0.1, 0.15) is 0 Å². The summed E-state index contributed by atoms with van der Waals surface area (Å²) in [4.78, 5) is 29.7. The molecule has 10 heteroatoms. The molecule has 1 amide bonds. The summed E-state index contributed by atoms with van der Waals surface area (Å²) in [5, 5.41) is -0.127. The molecule has 9 nitrogen and oxygen atoms in total. The molecule has 4 rings (SSSR count). The van der Waals surface area contributed by atoms with E-state index in [1.54, 1.807) is 44.4 Å². The monoisotopic (exact) mass is 428 g/mol. The molecule has 4 heterocycles. The topological polar surface area (TPSA) is 99.6 Å². The van der Waals surface area contributed by atoms with Crippen molar-refractivity contribution in [3.8, 4) is 0 Å². The van der Waals surface area contributed by atoms with Gasteiger partial charge in [-0.2, -0.15) is 8.42 Å². The van der Waals surface area contributed by atoms with E-state index in [-0.39, 0.29) is 17.1 Å². The summed E-state index contributed by atoms with van der Waals surface area (Å²) in [6.07, 6.45) is 7.12. The number of nitrogens with zero attached hydrogens (tertiary/aromatic N) is 6. The second-order valence-electron chi connectivity index (χ2n) is 7.41. The first kappa shape index (κ1) is 20.4.